The van der Waals surface area contributed by atoms with Gasteiger partial charge < -0.3 is 10.1 Å². The SMILES string of the molecule is COc1ccccc1NC(C#N)c1cc(Cl)ccc1F. The van der Waals surface area contributed by atoms with Crippen LogP contribution in [0.4, 0.5) is 10.1 Å². The number of methoxy groups -OCH3 is 1. The van der Waals surface area contributed by atoms with E-state index in [0.29, 0.717) is 16.5 Å². The van der Waals surface area contributed by atoms with Gasteiger partial charge in [0.05, 0.1) is 18.9 Å². The van der Waals surface area contributed by atoms with Crippen molar-refractivity contribution in [3.8, 4) is 11.8 Å². The first kappa shape index (κ1) is 14.2. The third-order valence-corrected chi connectivity index (χ3v) is 3.04. The second-order valence-corrected chi connectivity index (χ2v) is 4.51. The number of nitriles is 1. The van der Waals surface area contributed by atoms with Crippen LogP contribution in [0, 0.1) is 17.1 Å². The molecule has 0 aromatic heterocycles. The number of para-hydroxylation sites is 2. The highest BCUT2D eigenvalue weighted by atomic mass is 35.5. The van der Waals surface area contributed by atoms with E-state index < -0.39 is 11.9 Å². The van der Waals surface area contributed by atoms with Crippen molar-refractivity contribution in [2.75, 3.05) is 12.4 Å². The molecule has 0 saturated heterocycles. The Morgan fingerprint density at radius 2 is 2.05 bits per heavy atom. The largest absolute Gasteiger partial charge is 0.495 e. The third-order valence-electron chi connectivity index (χ3n) is 2.80. The average molecular weight is 291 g/mol. The van der Waals surface area contributed by atoms with Crippen molar-refractivity contribution in [2.24, 2.45) is 0 Å². The van der Waals surface area contributed by atoms with Gasteiger partial charge in [-0.1, -0.05) is 23.7 Å². The lowest BCUT2D eigenvalue weighted by atomic mass is 10.1. The van der Waals surface area contributed by atoms with Gasteiger partial charge >= 0.3 is 0 Å². The molecular weight excluding hydrogens is 279 g/mol. The fraction of sp³-hybridized carbons (Fsp3) is 0.133. The Bertz CT molecular complexity index is 655. The highest BCUT2D eigenvalue weighted by molar-refractivity contribution is 6.30. The highest BCUT2D eigenvalue weighted by Crippen LogP contribution is 2.29. The zero-order valence-electron chi connectivity index (χ0n) is 10.7. The molecule has 20 heavy (non-hydrogen) atoms. The minimum absolute atomic E-state index is 0.200. The van der Waals surface area contributed by atoms with Gasteiger partial charge in [-0.15, -0.1) is 0 Å². The fourth-order valence-electron chi connectivity index (χ4n) is 1.83. The predicted molar refractivity (Wildman–Crippen MR) is 76.4 cm³/mol. The van der Waals surface area contributed by atoms with Crippen LogP contribution < -0.4 is 10.1 Å². The molecular formula is C15H12ClFN2O. The summed E-state index contributed by atoms with van der Waals surface area (Å²) in [5.41, 5.74) is 0.812. The van der Waals surface area contributed by atoms with Gasteiger partial charge in [-0.25, -0.2) is 4.39 Å². The summed E-state index contributed by atoms with van der Waals surface area (Å²) in [6, 6.07) is 12.4. The summed E-state index contributed by atoms with van der Waals surface area (Å²) in [5, 5.41) is 12.6. The Kier molecular flexibility index (Phi) is 4.44. The lowest BCUT2D eigenvalue weighted by Crippen LogP contribution is -2.11. The fourth-order valence-corrected chi connectivity index (χ4v) is 2.02. The van der Waals surface area contributed by atoms with Crippen LogP contribution in [0.1, 0.15) is 11.6 Å². The zero-order chi connectivity index (χ0) is 14.5. The summed E-state index contributed by atoms with van der Waals surface area (Å²) in [6.45, 7) is 0. The Hall–Kier alpha value is -2.25. The topological polar surface area (TPSA) is 45.0 Å². The van der Waals surface area contributed by atoms with Crippen molar-refractivity contribution in [3.05, 3.63) is 58.9 Å². The molecule has 0 fully saturated rings. The van der Waals surface area contributed by atoms with E-state index in [4.69, 9.17) is 16.3 Å². The number of nitrogens with one attached hydrogen (secondary N) is 1. The number of ether oxygens (including phenoxy) is 1. The molecule has 0 aliphatic heterocycles. The van der Waals surface area contributed by atoms with Crippen LogP contribution in [0.5, 0.6) is 5.75 Å². The first-order valence-corrected chi connectivity index (χ1v) is 6.27. The number of anilines is 1. The van der Waals surface area contributed by atoms with E-state index in [2.05, 4.69) is 5.32 Å². The molecule has 0 spiro atoms. The van der Waals surface area contributed by atoms with Gasteiger partial charge in [0, 0.05) is 10.6 Å². The van der Waals surface area contributed by atoms with E-state index in [0.717, 1.165) is 0 Å². The van der Waals surface area contributed by atoms with Gasteiger partial charge in [0.25, 0.3) is 0 Å². The molecule has 102 valence electrons. The number of halogens is 2. The van der Waals surface area contributed by atoms with Gasteiger partial charge in [-0.2, -0.15) is 5.26 Å². The molecule has 1 atom stereocenters. The molecule has 5 heteroatoms. The van der Waals surface area contributed by atoms with E-state index >= 15 is 0 Å². The summed E-state index contributed by atoms with van der Waals surface area (Å²) >= 11 is 5.85. The smallest absolute Gasteiger partial charge is 0.143 e. The van der Waals surface area contributed by atoms with E-state index in [1.165, 1.54) is 25.3 Å². The van der Waals surface area contributed by atoms with E-state index in [1.54, 1.807) is 18.2 Å². The number of hydrogen-bond donors (Lipinski definition) is 1. The molecule has 2 aromatic carbocycles. The minimum atomic E-state index is -0.856. The lowest BCUT2D eigenvalue weighted by Gasteiger charge is -2.16. The number of nitrogens with zero attached hydrogens (tertiary/aromatic N) is 1. The minimum Gasteiger partial charge on any atom is -0.495 e. The molecule has 2 rings (SSSR count). The van der Waals surface area contributed by atoms with E-state index in [1.807, 2.05) is 12.1 Å². The van der Waals surface area contributed by atoms with Crippen LogP contribution in [0.15, 0.2) is 42.5 Å². The molecule has 0 bridgehead atoms. The van der Waals surface area contributed by atoms with E-state index in [9.17, 15) is 9.65 Å². The maximum Gasteiger partial charge on any atom is 0.143 e. The first-order chi connectivity index (χ1) is 9.65. The van der Waals surface area contributed by atoms with Crippen molar-refractivity contribution >= 4 is 17.3 Å². The maximum absolute atomic E-state index is 13.8. The van der Waals surface area contributed by atoms with Crippen molar-refractivity contribution in [3.63, 3.8) is 0 Å². The van der Waals surface area contributed by atoms with Crippen LogP contribution in [-0.2, 0) is 0 Å². The van der Waals surface area contributed by atoms with Crippen LogP contribution >= 0.6 is 11.6 Å². The molecule has 1 unspecified atom stereocenters. The Balaban J connectivity index is 2.34. The molecule has 1 N–H and O–H groups in total. The van der Waals surface area contributed by atoms with Gasteiger partial charge in [-0.3, -0.25) is 0 Å². The zero-order valence-corrected chi connectivity index (χ0v) is 11.5. The van der Waals surface area contributed by atoms with E-state index in [-0.39, 0.29) is 5.56 Å². The van der Waals surface area contributed by atoms with Gasteiger partial charge in [0.2, 0.25) is 0 Å². The highest BCUT2D eigenvalue weighted by Gasteiger charge is 2.17. The van der Waals surface area contributed by atoms with Crippen molar-refractivity contribution in [1.82, 2.24) is 0 Å². The number of hydrogen-bond acceptors (Lipinski definition) is 3. The average Bonchev–Trinajstić information content (AvgIpc) is 2.48. The number of benzene rings is 2. The quantitative estimate of drug-likeness (QED) is 0.919. The maximum atomic E-state index is 13.8. The Morgan fingerprint density at radius 3 is 2.75 bits per heavy atom. The van der Waals surface area contributed by atoms with Crippen LogP contribution in [0.3, 0.4) is 0 Å². The molecule has 0 aliphatic rings. The summed E-state index contributed by atoms with van der Waals surface area (Å²) < 4.78 is 19.0. The molecule has 0 heterocycles. The van der Waals surface area contributed by atoms with Crippen molar-refractivity contribution in [1.29, 1.82) is 5.26 Å². The first-order valence-electron chi connectivity index (χ1n) is 5.90. The number of rotatable bonds is 4. The molecule has 2 aromatic rings. The predicted octanol–water partition coefficient (Wildman–Crippen LogP) is 4.16. The summed E-state index contributed by atoms with van der Waals surface area (Å²) in [7, 11) is 1.53. The molecule has 0 aliphatic carbocycles. The standard InChI is InChI=1S/C15H12ClFN2O/c1-20-15-5-3-2-4-13(15)19-14(9-18)11-8-10(16)6-7-12(11)17/h2-8,14,19H,1H3. The summed E-state index contributed by atoms with van der Waals surface area (Å²) in [6.07, 6.45) is 0. The molecule has 3 nitrogen and oxygen atoms in total. The second kappa shape index (κ2) is 6.27. The molecule has 0 amide bonds. The Labute approximate surface area is 121 Å². The normalized spacial score (nSPS) is 11.5. The Morgan fingerprint density at radius 1 is 1.30 bits per heavy atom. The van der Waals surface area contributed by atoms with Crippen molar-refractivity contribution in [2.45, 2.75) is 6.04 Å². The van der Waals surface area contributed by atoms with Crippen LogP contribution in [-0.4, -0.2) is 7.11 Å². The summed E-state index contributed by atoms with van der Waals surface area (Å²) in [4.78, 5) is 0. The lowest BCUT2D eigenvalue weighted by molar-refractivity contribution is 0.416. The monoisotopic (exact) mass is 290 g/mol. The molecule has 0 radical (unpaired) electrons. The van der Waals surface area contributed by atoms with Crippen LogP contribution in [0.2, 0.25) is 5.02 Å². The van der Waals surface area contributed by atoms with Gasteiger partial charge in [-0.05, 0) is 30.3 Å². The van der Waals surface area contributed by atoms with Gasteiger partial charge in [0.15, 0.2) is 0 Å². The molecule has 0 saturated carbocycles. The summed E-state index contributed by atoms with van der Waals surface area (Å²) in [5.74, 6) is 0.0959. The second-order valence-electron chi connectivity index (χ2n) is 4.07. The van der Waals surface area contributed by atoms with Crippen LogP contribution in [0.25, 0.3) is 0 Å². The van der Waals surface area contributed by atoms with Crippen molar-refractivity contribution < 1.29 is 9.13 Å². The van der Waals surface area contributed by atoms with Gasteiger partial charge in [0.1, 0.15) is 17.6 Å². The third kappa shape index (κ3) is 3.01.